The lowest BCUT2D eigenvalue weighted by Crippen LogP contribution is -2.70. The van der Waals surface area contributed by atoms with Crippen LogP contribution in [0.1, 0.15) is 44.6 Å². The quantitative estimate of drug-likeness (QED) is 0.325. The van der Waals surface area contributed by atoms with Crippen molar-refractivity contribution in [3.05, 3.63) is 53.1 Å². The van der Waals surface area contributed by atoms with Crippen LogP contribution in [0.5, 0.6) is 5.75 Å². The minimum atomic E-state index is -0.642. The molecule has 1 atom stereocenters. The monoisotopic (exact) mass is 559 g/mol. The number of nitrogens with zero attached hydrogens (tertiary/aromatic N) is 5. The van der Waals surface area contributed by atoms with Crippen molar-refractivity contribution >= 4 is 16.8 Å². The maximum atomic E-state index is 14.2. The molecule has 0 radical (unpaired) electrons. The number of aromatic hydroxyl groups is 1. The summed E-state index contributed by atoms with van der Waals surface area (Å²) >= 11 is 0. The van der Waals surface area contributed by atoms with E-state index in [0.29, 0.717) is 30.9 Å². The molecular weight excluding hydrogens is 521 g/mol. The van der Waals surface area contributed by atoms with E-state index in [-0.39, 0.29) is 29.3 Å². The molecule has 6 rings (SSSR count). The number of aromatic nitrogens is 4. The van der Waals surface area contributed by atoms with Gasteiger partial charge in [-0.1, -0.05) is 13.0 Å². The number of aryl methyl sites for hydroxylation is 1. The Balaban J connectivity index is 1.29. The number of nitrogens with one attached hydrogen (secondary N) is 2. The van der Waals surface area contributed by atoms with E-state index >= 15 is 0 Å². The number of likely N-dealkylation sites (N-methyl/N-ethyl adjacent to an activating group) is 1. The van der Waals surface area contributed by atoms with Gasteiger partial charge in [0.15, 0.2) is 17.4 Å². The highest BCUT2D eigenvalue weighted by atomic mass is 19.1. The van der Waals surface area contributed by atoms with Crippen LogP contribution in [0.25, 0.3) is 33.5 Å². The lowest BCUT2D eigenvalue weighted by molar-refractivity contribution is -0.150. The molecule has 4 heterocycles. The van der Waals surface area contributed by atoms with Gasteiger partial charge in [0, 0.05) is 37.5 Å². The second kappa shape index (κ2) is 9.95. The van der Waals surface area contributed by atoms with E-state index in [1.165, 1.54) is 12.1 Å². The molecule has 2 aliphatic heterocycles. The summed E-state index contributed by atoms with van der Waals surface area (Å²) in [6, 6.07) is 8.68. The molecule has 0 saturated carbocycles. The van der Waals surface area contributed by atoms with Crippen molar-refractivity contribution in [1.29, 1.82) is 0 Å². The fourth-order valence-corrected chi connectivity index (χ4v) is 6.18. The van der Waals surface area contributed by atoms with Crippen molar-refractivity contribution in [1.82, 2.24) is 34.9 Å². The average molecular weight is 560 g/mol. The zero-order valence-corrected chi connectivity index (χ0v) is 24.5. The number of likely N-dealkylation sites (tertiary alicyclic amines) is 1. The first-order valence-corrected chi connectivity index (χ1v) is 14.3. The fourth-order valence-electron chi connectivity index (χ4n) is 6.18. The predicted molar refractivity (Wildman–Crippen MR) is 157 cm³/mol. The third kappa shape index (κ3) is 4.59. The van der Waals surface area contributed by atoms with Gasteiger partial charge in [-0.2, -0.15) is 5.10 Å². The second-order valence-corrected chi connectivity index (χ2v) is 12.2. The first-order valence-electron chi connectivity index (χ1n) is 14.3. The van der Waals surface area contributed by atoms with Crippen molar-refractivity contribution in [3.8, 4) is 28.4 Å². The van der Waals surface area contributed by atoms with Gasteiger partial charge in [0.05, 0.1) is 28.5 Å². The van der Waals surface area contributed by atoms with E-state index in [1.807, 2.05) is 30.0 Å². The Labute approximate surface area is 239 Å². The van der Waals surface area contributed by atoms with Crippen molar-refractivity contribution < 1.29 is 14.3 Å². The number of benzene rings is 2. The van der Waals surface area contributed by atoms with Gasteiger partial charge in [-0.15, -0.1) is 0 Å². The number of fused-ring (bicyclic) bond motifs is 2. The molecule has 2 aliphatic rings. The molecule has 0 bridgehead atoms. The topological polar surface area (TPSA) is 104 Å². The maximum Gasteiger partial charge on any atom is 0.240 e. The predicted octanol–water partition coefficient (Wildman–Crippen LogP) is 4.32. The van der Waals surface area contributed by atoms with Crippen LogP contribution >= 0.6 is 0 Å². The Kier molecular flexibility index (Phi) is 6.66. The van der Waals surface area contributed by atoms with Gasteiger partial charge < -0.3 is 19.9 Å². The molecule has 1 saturated heterocycles. The summed E-state index contributed by atoms with van der Waals surface area (Å²) in [6.07, 6.45) is 1.22. The van der Waals surface area contributed by atoms with Crippen molar-refractivity contribution in [2.24, 2.45) is 0 Å². The lowest BCUT2D eigenvalue weighted by atomic mass is 9.89. The maximum absolute atomic E-state index is 14.2. The molecule has 2 aromatic carbocycles. The average Bonchev–Trinajstić information content (AvgIpc) is 3.54. The molecule has 0 spiro atoms. The van der Waals surface area contributed by atoms with Crippen molar-refractivity contribution in [2.75, 3.05) is 27.2 Å². The highest BCUT2D eigenvalue weighted by molar-refractivity contribution is 5.94. The van der Waals surface area contributed by atoms with Gasteiger partial charge in [-0.25, -0.2) is 9.37 Å². The van der Waals surface area contributed by atoms with Crippen LogP contribution in [-0.4, -0.2) is 90.7 Å². The first-order chi connectivity index (χ1) is 19.5. The van der Waals surface area contributed by atoms with Crippen LogP contribution in [0.4, 0.5) is 4.39 Å². The Morgan fingerprint density at radius 3 is 2.68 bits per heavy atom. The smallest absolute Gasteiger partial charge is 0.240 e. The largest absolute Gasteiger partial charge is 0.505 e. The minimum Gasteiger partial charge on any atom is -0.505 e. The normalized spacial score (nSPS) is 18.8. The Morgan fingerprint density at radius 1 is 1.24 bits per heavy atom. The zero-order chi connectivity index (χ0) is 29.2. The number of aromatic amines is 2. The van der Waals surface area contributed by atoms with E-state index in [2.05, 4.69) is 59.8 Å². The molecule has 0 aliphatic carbocycles. The van der Waals surface area contributed by atoms with Gasteiger partial charge in [0.25, 0.3) is 0 Å². The number of hydrogen-bond acceptors (Lipinski definition) is 6. The first kappa shape index (κ1) is 27.4. The summed E-state index contributed by atoms with van der Waals surface area (Å²) < 4.78 is 14.2. The Bertz CT molecular complexity index is 1630. The highest BCUT2D eigenvalue weighted by Gasteiger charge is 2.47. The van der Waals surface area contributed by atoms with Crippen LogP contribution in [0.15, 0.2) is 30.3 Å². The van der Waals surface area contributed by atoms with Crippen molar-refractivity contribution in [3.63, 3.8) is 0 Å². The summed E-state index contributed by atoms with van der Waals surface area (Å²) in [5.41, 5.74) is 5.90. The number of phenols is 1. The number of H-pyrrole nitrogens is 2. The number of carbonyl (C=O) groups excluding carboxylic acids is 1. The van der Waals surface area contributed by atoms with Crippen LogP contribution in [0, 0.1) is 5.82 Å². The van der Waals surface area contributed by atoms with Crippen molar-refractivity contribution in [2.45, 2.75) is 64.7 Å². The zero-order valence-electron chi connectivity index (χ0n) is 24.5. The van der Waals surface area contributed by atoms with E-state index < -0.39 is 5.82 Å². The molecule has 1 amide bonds. The van der Waals surface area contributed by atoms with Crippen LogP contribution in [-0.2, 0) is 24.2 Å². The number of halogens is 1. The third-order valence-electron chi connectivity index (χ3n) is 9.05. The molecule has 10 heteroatoms. The SMILES string of the molecule is CCc1cc(O)c(F)cc1-c1ccc2c(-c3nc4c([nH]3)CN(C(C)C)[C@@H](C(=O)N3CC(C)(N(C)C)C3)C4)n[nH]c2c1. The van der Waals surface area contributed by atoms with Crippen LogP contribution in [0.2, 0.25) is 0 Å². The molecule has 3 N–H and O–H groups in total. The molecule has 0 unspecified atom stereocenters. The molecule has 4 aromatic rings. The number of carbonyl (C=O) groups is 1. The number of amides is 1. The van der Waals surface area contributed by atoms with Crippen LogP contribution < -0.4 is 0 Å². The highest BCUT2D eigenvalue weighted by Crippen LogP contribution is 2.35. The molecular formula is C31H38FN7O2. The summed E-state index contributed by atoms with van der Waals surface area (Å²) in [5.74, 6) is -0.144. The van der Waals surface area contributed by atoms with E-state index in [0.717, 1.165) is 52.1 Å². The molecule has 1 fully saturated rings. The van der Waals surface area contributed by atoms with Gasteiger partial charge in [0.1, 0.15) is 5.69 Å². The number of rotatable bonds is 6. The Morgan fingerprint density at radius 2 is 2.00 bits per heavy atom. The minimum absolute atomic E-state index is 0.0209. The van der Waals surface area contributed by atoms with E-state index in [4.69, 9.17) is 4.98 Å². The number of imidazole rings is 1. The Hall–Kier alpha value is -3.76. The summed E-state index contributed by atoms with van der Waals surface area (Å²) in [4.78, 5) is 28.5. The standard InChI is InChI=1S/C31H38FN7O2/c1-7-18-11-27(40)22(32)12-21(18)19-8-9-20-23(10-19)35-36-28(20)29-33-24-13-26(39(17(2)3)14-25(24)34-29)30(41)38-15-31(4,16-38)37(5)6/h8-12,17,26,40H,7,13-16H2,1-6H3,(H,33,34)(H,35,36)/t26-/m1/s1. The summed E-state index contributed by atoms with van der Waals surface area (Å²) in [7, 11) is 4.13. The van der Waals surface area contributed by atoms with Crippen LogP contribution in [0.3, 0.4) is 0 Å². The summed E-state index contributed by atoms with van der Waals surface area (Å²) in [5, 5.41) is 18.4. The fraction of sp³-hybridized carbons (Fsp3) is 0.452. The lowest BCUT2D eigenvalue weighted by Gasteiger charge is -2.53. The molecule has 9 nitrogen and oxygen atoms in total. The molecule has 216 valence electrons. The second-order valence-electron chi connectivity index (χ2n) is 12.2. The summed E-state index contributed by atoms with van der Waals surface area (Å²) in [6.45, 7) is 10.5. The van der Waals surface area contributed by atoms with Gasteiger partial charge in [0.2, 0.25) is 5.91 Å². The van der Waals surface area contributed by atoms with E-state index in [1.54, 1.807) is 0 Å². The van der Waals surface area contributed by atoms with Gasteiger partial charge in [-0.3, -0.25) is 14.8 Å². The van der Waals surface area contributed by atoms with E-state index in [9.17, 15) is 14.3 Å². The molecule has 2 aromatic heterocycles. The number of hydrogen-bond donors (Lipinski definition) is 3. The third-order valence-corrected chi connectivity index (χ3v) is 9.05. The number of phenolic OH excluding ortho intramolecular Hbond substituents is 1. The molecule has 41 heavy (non-hydrogen) atoms. The van der Waals surface area contributed by atoms with Gasteiger partial charge >= 0.3 is 0 Å². The van der Waals surface area contributed by atoms with Gasteiger partial charge in [-0.05, 0) is 82.2 Å².